The van der Waals surface area contributed by atoms with E-state index in [0.717, 1.165) is 10.9 Å². The zero-order valence-electron chi connectivity index (χ0n) is 9.87. The van der Waals surface area contributed by atoms with Crippen LogP contribution in [0, 0.1) is 10.1 Å². The highest BCUT2D eigenvalue weighted by molar-refractivity contribution is 8.13. The number of carbonyl (C=O) groups is 1. The molecule has 0 radical (unpaired) electrons. The molecule has 0 aromatic carbocycles. The molecule has 0 saturated heterocycles. The SMILES string of the molecule is CCNC(=O)CCn1cc(S(=O)(=O)Cl)c([N+](=O)[O-])n1. The van der Waals surface area contributed by atoms with Gasteiger partial charge < -0.3 is 15.4 Å². The summed E-state index contributed by atoms with van der Waals surface area (Å²) in [6.45, 7) is 2.22. The number of nitro groups is 1. The first-order valence-corrected chi connectivity index (χ1v) is 7.49. The van der Waals surface area contributed by atoms with Gasteiger partial charge in [-0.15, -0.1) is 0 Å². The van der Waals surface area contributed by atoms with E-state index in [-0.39, 0.29) is 18.9 Å². The van der Waals surface area contributed by atoms with Crippen molar-refractivity contribution in [3.63, 3.8) is 0 Å². The van der Waals surface area contributed by atoms with Gasteiger partial charge in [-0.2, -0.15) is 4.68 Å². The quantitative estimate of drug-likeness (QED) is 0.456. The zero-order valence-corrected chi connectivity index (χ0v) is 11.4. The Morgan fingerprint density at radius 1 is 1.63 bits per heavy atom. The van der Waals surface area contributed by atoms with Gasteiger partial charge in [0.15, 0.2) is 0 Å². The number of carbonyl (C=O) groups excluding carboxylic acids is 1. The molecule has 0 spiro atoms. The minimum absolute atomic E-state index is 0.0130. The molecule has 0 fully saturated rings. The maximum Gasteiger partial charge on any atom is 0.410 e. The average Bonchev–Trinajstić information content (AvgIpc) is 2.70. The van der Waals surface area contributed by atoms with Crippen LogP contribution in [0.15, 0.2) is 11.1 Å². The number of aromatic nitrogens is 2. The van der Waals surface area contributed by atoms with Gasteiger partial charge >= 0.3 is 5.82 Å². The normalized spacial score (nSPS) is 11.3. The molecule has 0 aliphatic carbocycles. The van der Waals surface area contributed by atoms with E-state index < -0.39 is 24.7 Å². The second kappa shape index (κ2) is 5.97. The van der Waals surface area contributed by atoms with E-state index in [1.54, 1.807) is 6.92 Å². The Morgan fingerprint density at radius 2 is 2.26 bits per heavy atom. The van der Waals surface area contributed by atoms with Gasteiger partial charge in [0.25, 0.3) is 9.05 Å². The van der Waals surface area contributed by atoms with Gasteiger partial charge in [-0.05, 0) is 11.8 Å². The Balaban J connectivity index is 2.94. The number of rotatable bonds is 6. The van der Waals surface area contributed by atoms with Crippen LogP contribution in [0.5, 0.6) is 0 Å². The molecule has 0 unspecified atom stereocenters. The first-order chi connectivity index (χ1) is 8.75. The number of hydrogen-bond donors (Lipinski definition) is 1. The highest BCUT2D eigenvalue weighted by atomic mass is 35.7. The molecule has 1 aromatic heterocycles. The third-order valence-corrected chi connectivity index (χ3v) is 3.40. The largest absolute Gasteiger partial charge is 0.410 e. The Morgan fingerprint density at radius 3 is 2.68 bits per heavy atom. The third kappa shape index (κ3) is 4.17. The number of aryl methyl sites for hydroxylation is 1. The second-order valence-electron chi connectivity index (χ2n) is 3.48. The number of hydrogen-bond acceptors (Lipinski definition) is 6. The van der Waals surface area contributed by atoms with Crippen molar-refractivity contribution < 1.29 is 18.1 Å². The highest BCUT2D eigenvalue weighted by Crippen LogP contribution is 2.24. The lowest BCUT2D eigenvalue weighted by molar-refractivity contribution is -0.392. The monoisotopic (exact) mass is 310 g/mol. The second-order valence-corrected chi connectivity index (χ2v) is 6.01. The number of nitrogens with zero attached hydrogens (tertiary/aromatic N) is 3. The fraction of sp³-hybridized carbons (Fsp3) is 0.500. The van der Waals surface area contributed by atoms with Gasteiger partial charge in [-0.1, -0.05) is 0 Å². The first kappa shape index (κ1) is 15.4. The molecule has 9 nitrogen and oxygen atoms in total. The molecule has 1 amide bonds. The lowest BCUT2D eigenvalue weighted by Crippen LogP contribution is -2.23. The Bertz CT molecular complexity index is 596. The summed E-state index contributed by atoms with van der Waals surface area (Å²) in [5.41, 5.74) is 0. The van der Waals surface area contributed by atoms with Crippen LogP contribution in [0.1, 0.15) is 13.3 Å². The first-order valence-electron chi connectivity index (χ1n) is 5.19. The predicted octanol–water partition coefficient (Wildman–Crippen LogP) is 0.245. The summed E-state index contributed by atoms with van der Waals surface area (Å²) < 4.78 is 23.3. The lowest BCUT2D eigenvalue weighted by Gasteiger charge is -1.99. The van der Waals surface area contributed by atoms with Gasteiger partial charge in [0.1, 0.15) is 0 Å². The molecule has 0 aliphatic rings. The van der Waals surface area contributed by atoms with Crippen molar-refractivity contribution in [2.45, 2.75) is 24.8 Å². The van der Waals surface area contributed by atoms with Gasteiger partial charge in [-0.25, -0.2) is 8.42 Å². The van der Waals surface area contributed by atoms with Crippen molar-refractivity contribution in [3.05, 3.63) is 16.3 Å². The van der Waals surface area contributed by atoms with E-state index in [0.29, 0.717) is 6.54 Å². The van der Waals surface area contributed by atoms with E-state index in [9.17, 15) is 23.3 Å². The van der Waals surface area contributed by atoms with Gasteiger partial charge in [0.05, 0.1) is 17.8 Å². The standard InChI is InChI=1S/C8H11ClN4O5S/c1-2-10-7(14)3-4-12-5-6(19(9,17)18)8(11-12)13(15)16/h5H,2-4H2,1H3,(H,10,14). The molecule has 11 heteroatoms. The van der Waals surface area contributed by atoms with E-state index in [4.69, 9.17) is 10.7 Å². The minimum atomic E-state index is -4.26. The van der Waals surface area contributed by atoms with Crippen LogP contribution in [0.3, 0.4) is 0 Å². The fourth-order valence-electron chi connectivity index (χ4n) is 1.31. The average molecular weight is 311 g/mol. The van der Waals surface area contributed by atoms with Crippen LogP contribution in [-0.4, -0.2) is 35.6 Å². The van der Waals surface area contributed by atoms with Crippen molar-refractivity contribution in [3.8, 4) is 0 Å². The zero-order chi connectivity index (χ0) is 14.6. The minimum Gasteiger partial charge on any atom is -0.358 e. The van der Waals surface area contributed by atoms with Crippen LogP contribution < -0.4 is 5.32 Å². The summed E-state index contributed by atoms with van der Waals surface area (Å²) in [5.74, 6) is -1.12. The summed E-state index contributed by atoms with van der Waals surface area (Å²) in [4.78, 5) is 20.2. The third-order valence-electron chi connectivity index (χ3n) is 2.09. The van der Waals surface area contributed by atoms with E-state index in [1.807, 2.05) is 0 Å². The van der Waals surface area contributed by atoms with Crippen LogP contribution in [0.2, 0.25) is 0 Å². The molecule has 1 heterocycles. The van der Waals surface area contributed by atoms with E-state index in [1.165, 1.54) is 0 Å². The number of nitrogens with one attached hydrogen (secondary N) is 1. The predicted molar refractivity (Wildman–Crippen MR) is 65.2 cm³/mol. The topological polar surface area (TPSA) is 124 Å². The van der Waals surface area contributed by atoms with Gasteiger partial charge in [-0.3, -0.25) is 4.79 Å². The smallest absolute Gasteiger partial charge is 0.358 e. The summed E-state index contributed by atoms with van der Waals surface area (Å²) in [7, 11) is 0.809. The maximum atomic E-state index is 11.2. The summed E-state index contributed by atoms with van der Waals surface area (Å²) in [6.07, 6.45) is 0.953. The molecule has 19 heavy (non-hydrogen) atoms. The molecule has 1 rings (SSSR count). The molecular formula is C8H11ClN4O5S. The summed E-state index contributed by atoms with van der Waals surface area (Å²) in [5, 5.41) is 16.7. The molecule has 0 bridgehead atoms. The Hall–Kier alpha value is -1.68. The molecule has 106 valence electrons. The van der Waals surface area contributed by atoms with Crippen molar-refractivity contribution in [1.29, 1.82) is 0 Å². The Kier molecular flexibility index (Phi) is 4.84. The number of halogens is 1. The summed E-state index contributed by atoms with van der Waals surface area (Å²) >= 11 is 0. The van der Waals surface area contributed by atoms with Gasteiger partial charge in [0, 0.05) is 23.6 Å². The molecule has 0 atom stereocenters. The number of amides is 1. The van der Waals surface area contributed by atoms with Crippen LogP contribution in [0.25, 0.3) is 0 Å². The van der Waals surface area contributed by atoms with Crippen LogP contribution in [-0.2, 0) is 20.4 Å². The fourth-order valence-corrected chi connectivity index (χ4v) is 2.22. The lowest BCUT2D eigenvalue weighted by atomic mass is 10.4. The van der Waals surface area contributed by atoms with E-state index >= 15 is 0 Å². The molecular weight excluding hydrogens is 300 g/mol. The molecule has 1 N–H and O–H groups in total. The molecule has 0 saturated carbocycles. The van der Waals surface area contributed by atoms with Gasteiger partial charge in [0.2, 0.25) is 10.8 Å². The molecule has 0 aliphatic heterocycles. The highest BCUT2D eigenvalue weighted by Gasteiger charge is 2.29. The summed E-state index contributed by atoms with van der Waals surface area (Å²) in [6, 6.07) is 0. The van der Waals surface area contributed by atoms with Crippen molar-refractivity contribution in [2.75, 3.05) is 6.54 Å². The van der Waals surface area contributed by atoms with Crippen LogP contribution in [0.4, 0.5) is 5.82 Å². The van der Waals surface area contributed by atoms with Crippen molar-refractivity contribution >= 4 is 31.5 Å². The van der Waals surface area contributed by atoms with Crippen LogP contribution >= 0.6 is 10.7 Å². The van der Waals surface area contributed by atoms with Crippen molar-refractivity contribution in [1.82, 2.24) is 15.1 Å². The maximum absolute atomic E-state index is 11.2. The van der Waals surface area contributed by atoms with Crippen molar-refractivity contribution in [2.24, 2.45) is 0 Å². The molecule has 1 aromatic rings. The van der Waals surface area contributed by atoms with E-state index in [2.05, 4.69) is 10.4 Å². The Labute approximate surface area is 113 Å².